The lowest BCUT2D eigenvalue weighted by Crippen LogP contribution is -2.05. The first-order chi connectivity index (χ1) is 15.7. The highest BCUT2D eigenvalue weighted by atomic mass is 79.9. The lowest BCUT2D eigenvalue weighted by atomic mass is 10.1. The van der Waals surface area contributed by atoms with Crippen LogP contribution in [-0.4, -0.2) is 4.98 Å². The van der Waals surface area contributed by atoms with Crippen LogP contribution in [0.25, 0.3) is 27.8 Å². The van der Waals surface area contributed by atoms with Crippen molar-refractivity contribution in [2.45, 2.75) is 6.18 Å². The van der Waals surface area contributed by atoms with Gasteiger partial charge in [0.05, 0.1) is 27.5 Å². The molecule has 0 fully saturated rings. The van der Waals surface area contributed by atoms with E-state index in [2.05, 4.69) is 26.2 Å². The summed E-state index contributed by atoms with van der Waals surface area (Å²) in [4.78, 5) is 16.8. The minimum atomic E-state index is -4.54. The normalized spacial score (nSPS) is 12.1. The molecule has 0 aliphatic heterocycles. The van der Waals surface area contributed by atoms with Crippen LogP contribution in [0.2, 0.25) is 5.02 Å². The fourth-order valence-corrected chi connectivity index (χ4v) is 4.23. The molecule has 2 aromatic carbocycles. The highest BCUT2D eigenvalue weighted by Gasteiger charge is 2.30. The summed E-state index contributed by atoms with van der Waals surface area (Å²) < 4.78 is 45.0. The number of benzene rings is 2. The molecule has 11 heteroatoms. The quantitative estimate of drug-likeness (QED) is 0.212. The number of halogens is 5. The molecule has 0 bridgehead atoms. The first-order valence-corrected chi connectivity index (χ1v) is 11.1. The molecule has 4 rings (SSSR count). The Morgan fingerprint density at radius 3 is 2.76 bits per heavy atom. The van der Waals surface area contributed by atoms with Crippen molar-refractivity contribution in [1.29, 1.82) is 5.26 Å². The molecule has 1 N–H and O–H groups in total. The Morgan fingerprint density at radius 2 is 2.03 bits per heavy atom. The third-order valence-corrected chi connectivity index (χ3v) is 6.19. The van der Waals surface area contributed by atoms with Crippen molar-refractivity contribution in [3.05, 3.63) is 84.5 Å². The lowest BCUT2D eigenvalue weighted by molar-refractivity contribution is -0.137. The van der Waals surface area contributed by atoms with Gasteiger partial charge in [-0.25, -0.2) is 9.78 Å². The summed E-state index contributed by atoms with van der Waals surface area (Å²) >= 11 is 10.4. The molecule has 2 heterocycles. The van der Waals surface area contributed by atoms with Crippen LogP contribution in [0.1, 0.15) is 10.6 Å². The number of aromatic nitrogens is 1. The second kappa shape index (κ2) is 9.02. The molecule has 5 nitrogen and oxygen atoms in total. The van der Waals surface area contributed by atoms with E-state index in [1.54, 1.807) is 29.6 Å². The highest BCUT2D eigenvalue weighted by molar-refractivity contribution is 9.10. The summed E-state index contributed by atoms with van der Waals surface area (Å²) in [6.45, 7) is 0. The van der Waals surface area contributed by atoms with Gasteiger partial charge in [0.15, 0.2) is 0 Å². The van der Waals surface area contributed by atoms with E-state index in [0.717, 1.165) is 34.0 Å². The second-order valence-electron chi connectivity index (χ2n) is 6.67. The van der Waals surface area contributed by atoms with Gasteiger partial charge in [-0.1, -0.05) is 27.5 Å². The van der Waals surface area contributed by atoms with E-state index in [4.69, 9.17) is 16.0 Å². The van der Waals surface area contributed by atoms with E-state index in [9.17, 15) is 23.2 Å². The standard InChI is InChI=1S/C22H10BrClF3N3O2S/c23-14-2-4-19-11(5-14)6-15(21(31)32-19)18-10-33-20(30-18)12(8-28)9-29-17-7-13(22(25,26)27)1-3-16(17)24/h1-7,9-10,29H/b12-9+. The topological polar surface area (TPSA) is 78.9 Å². The monoisotopic (exact) mass is 551 g/mol. The molecule has 0 aliphatic rings. The van der Waals surface area contributed by atoms with E-state index in [1.165, 1.54) is 6.20 Å². The van der Waals surface area contributed by atoms with E-state index < -0.39 is 17.4 Å². The van der Waals surface area contributed by atoms with E-state index >= 15 is 0 Å². The van der Waals surface area contributed by atoms with Gasteiger partial charge in [-0.3, -0.25) is 0 Å². The summed E-state index contributed by atoms with van der Waals surface area (Å²) in [5, 5.41) is 14.7. The summed E-state index contributed by atoms with van der Waals surface area (Å²) in [5.41, 5.74) is -0.490. The Labute approximate surface area is 201 Å². The number of hydrogen-bond donors (Lipinski definition) is 1. The van der Waals surface area contributed by atoms with E-state index in [-0.39, 0.29) is 26.9 Å². The van der Waals surface area contributed by atoms with Crippen LogP contribution in [0.4, 0.5) is 18.9 Å². The van der Waals surface area contributed by atoms with Crippen LogP contribution in [0.5, 0.6) is 0 Å². The van der Waals surface area contributed by atoms with Gasteiger partial charge in [0, 0.05) is 21.4 Å². The van der Waals surface area contributed by atoms with Crippen LogP contribution < -0.4 is 10.9 Å². The Balaban J connectivity index is 1.66. The number of nitrogens with one attached hydrogen (secondary N) is 1. The van der Waals surface area contributed by atoms with Crippen LogP contribution in [0, 0.1) is 11.3 Å². The van der Waals surface area contributed by atoms with Crippen molar-refractivity contribution in [3.63, 3.8) is 0 Å². The van der Waals surface area contributed by atoms with Gasteiger partial charge in [-0.15, -0.1) is 11.3 Å². The van der Waals surface area contributed by atoms with Crippen molar-refractivity contribution >= 4 is 61.1 Å². The Hall–Kier alpha value is -3.13. The van der Waals surface area contributed by atoms with Gasteiger partial charge in [-0.05, 0) is 42.5 Å². The first-order valence-electron chi connectivity index (χ1n) is 9.09. The number of allylic oxidation sites excluding steroid dienone is 1. The predicted molar refractivity (Wildman–Crippen MR) is 125 cm³/mol. The summed E-state index contributed by atoms with van der Waals surface area (Å²) in [7, 11) is 0. The maximum Gasteiger partial charge on any atom is 0.416 e. The molecule has 0 saturated carbocycles. The van der Waals surface area contributed by atoms with Gasteiger partial charge in [-0.2, -0.15) is 18.4 Å². The third-order valence-electron chi connectivity index (χ3n) is 4.49. The van der Waals surface area contributed by atoms with E-state index in [0.29, 0.717) is 16.7 Å². The molecular formula is C22H10BrClF3N3O2S. The van der Waals surface area contributed by atoms with Gasteiger partial charge >= 0.3 is 11.8 Å². The summed E-state index contributed by atoms with van der Waals surface area (Å²) in [5.74, 6) is 0. The number of alkyl halides is 3. The average Bonchev–Trinajstić information content (AvgIpc) is 3.24. The van der Waals surface area contributed by atoms with Gasteiger partial charge in [0.25, 0.3) is 0 Å². The molecule has 166 valence electrons. The van der Waals surface area contributed by atoms with Crippen molar-refractivity contribution in [1.82, 2.24) is 4.98 Å². The number of rotatable bonds is 4. The third kappa shape index (κ3) is 4.95. The highest BCUT2D eigenvalue weighted by Crippen LogP contribution is 2.34. The minimum Gasteiger partial charge on any atom is -0.422 e. The number of thiazole rings is 1. The predicted octanol–water partition coefficient (Wildman–Crippen LogP) is 7.33. The van der Waals surface area contributed by atoms with Crippen LogP contribution in [-0.2, 0) is 6.18 Å². The molecule has 0 atom stereocenters. The van der Waals surface area contributed by atoms with Crippen molar-refractivity contribution < 1.29 is 17.6 Å². The zero-order chi connectivity index (χ0) is 23.8. The van der Waals surface area contributed by atoms with Crippen LogP contribution >= 0.6 is 38.9 Å². The number of fused-ring (bicyclic) bond motifs is 1. The second-order valence-corrected chi connectivity index (χ2v) is 8.86. The average molecular weight is 553 g/mol. The minimum absolute atomic E-state index is 0.0169. The first kappa shape index (κ1) is 23.0. The van der Waals surface area contributed by atoms with Crippen molar-refractivity contribution in [3.8, 4) is 17.3 Å². The van der Waals surface area contributed by atoms with E-state index in [1.807, 2.05) is 6.07 Å². The largest absolute Gasteiger partial charge is 0.422 e. The van der Waals surface area contributed by atoms with Gasteiger partial charge < -0.3 is 9.73 Å². The van der Waals surface area contributed by atoms with Gasteiger partial charge in [0.1, 0.15) is 22.2 Å². The molecule has 4 aromatic rings. The maximum atomic E-state index is 13.0. The summed E-state index contributed by atoms with van der Waals surface area (Å²) in [6.07, 6.45) is -3.33. The van der Waals surface area contributed by atoms with Crippen molar-refractivity contribution in [2.75, 3.05) is 5.32 Å². The molecule has 0 aliphatic carbocycles. The number of anilines is 1. The molecule has 0 spiro atoms. The smallest absolute Gasteiger partial charge is 0.416 e. The molecular weight excluding hydrogens is 543 g/mol. The zero-order valence-corrected chi connectivity index (χ0v) is 19.4. The van der Waals surface area contributed by atoms with Crippen LogP contribution in [0.3, 0.4) is 0 Å². The van der Waals surface area contributed by atoms with Crippen LogP contribution in [0.15, 0.2) is 67.7 Å². The lowest BCUT2D eigenvalue weighted by Gasteiger charge is -2.10. The number of nitriles is 1. The fraction of sp³-hybridized carbons (Fsp3) is 0.0455. The zero-order valence-electron chi connectivity index (χ0n) is 16.2. The van der Waals surface area contributed by atoms with Crippen molar-refractivity contribution in [2.24, 2.45) is 0 Å². The Kier molecular flexibility index (Phi) is 6.30. The molecule has 0 unspecified atom stereocenters. The SMILES string of the molecule is N#C/C(=C\Nc1cc(C(F)(F)F)ccc1Cl)c1nc(-c2cc3cc(Br)ccc3oc2=O)cs1. The molecule has 0 saturated heterocycles. The number of hydrogen-bond acceptors (Lipinski definition) is 6. The maximum absolute atomic E-state index is 13.0. The Bertz CT molecular complexity index is 1510. The number of nitrogens with zero attached hydrogens (tertiary/aromatic N) is 2. The summed E-state index contributed by atoms with van der Waals surface area (Å²) in [6, 6.07) is 11.6. The Morgan fingerprint density at radius 1 is 1.24 bits per heavy atom. The molecule has 2 aromatic heterocycles. The molecule has 0 amide bonds. The van der Waals surface area contributed by atoms with Gasteiger partial charge in [0.2, 0.25) is 0 Å². The molecule has 33 heavy (non-hydrogen) atoms. The molecule has 0 radical (unpaired) electrons. The fourth-order valence-electron chi connectivity index (χ4n) is 2.90.